The molecule has 4 heteroatoms. The van der Waals surface area contributed by atoms with E-state index < -0.39 is 22.6 Å². The molecule has 2 aliphatic carbocycles. The quantitative estimate of drug-likeness (QED) is 0.754. The van der Waals surface area contributed by atoms with E-state index in [0.717, 1.165) is 36.8 Å². The summed E-state index contributed by atoms with van der Waals surface area (Å²) in [5.41, 5.74) is 11.6. The highest BCUT2D eigenvalue weighted by molar-refractivity contribution is 5.88. The predicted octanol–water partition coefficient (Wildman–Crippen LogP) is 1.97. The molecule has 0 aromatic heterocycles. The molecule has 0 heterocycles. The third kappa shape index (κ3) is 2.55. The lowest BCUT2D eigenvalue weighted by molar-refractivity contribution is -0.124. The SMILES string of the molecule is CC1(C(N)=O)/C=C\C(C)(C(N)=O)/C=C2/CCCC/C2=C/1. The van der Waals surface area contributed by atoms with Gasteiger partial charge in [-0.1, -0.05) is 24.3 Å². The van der Waals surface area contributed by atoms with Gasteiger partial charge >= 0.3 is 0 Å². The number of carbonyl (C=O) groups excluding carboxylic acids is 2. The third-order valence-electron chi connectivity index (χ3n) is 4.34. The maximum atomic E-state index is 11.8. The van der Waals surface area contributed by atoms with Gasteiger partial charge in [-0.15, -0.1) is 0 Å². The molecule has 20 heavy (non-hydrogen) atoms. The molecule has 0 aromatic carbocycles. The summed E-state index contributed by atoms with van der Waals surface area (Å²) in [5, 5.41) is 0. The Hall–Kier alpha value is -1.84. The van der Waals surface area contributed by atoms with Crippen molar-refractivity contribution in [3.8, 4) is 0 Å². The molecule has 0 radical (unpaired) electrons. The number of rotatable bonds is 2. The Morgan fingerprint density at radius 1 is 0.900 bits per heavy atom. The van der Waals surface area contributed by atoms with Crippen LogP contribution in [0.15, 0.2) is 35.5 Å². The molecule has 4 N–H and O–H groups in total. The number of fused-ring (bicyclic) bond motifs is 1. The minimum absolute atomic E-state index is 0.417. The molecule has 0 saturated heterocycles. The van der Waals surface area contributed by atoms with Gasteiger partial charge in [0.25, 0.3) is 0 Å². The second-order valence-corrected chi connectivity index (χ2v) is 6.17. The average molecular weight is 274 g/mol. The van der Waals surface area contributed by atoms with Gasteiger partial charge in [0.1, 0.15) is 0 Å². The van der Waals surface area contributed by atoms with E-state index in [0.29, 0.717) is 0 Å². The molecule has 0 bridgehead atoms. The van der Waals surface area contributed by atoms with Gasteiger partial charge in [0.2, 0.25) is 11.8 Å². The van der Waals surface area contributed by atoms with E-state index in [9.17, 15) is 9.59 Å². The van der Waals surface area contributed by atoms with Crippen LogP contribution in [-0.2, 0) is 9.59 Å². The fourth-order valence-electron chi connectivity index (χ4n) is 2.75. The van der Waals surface area contributed by atoms with Crippen molar-refractivity contribution >= 4 is 11.8 Å². The van der Waals surface area contributed by atoms with Gasteiger partial charge in [-0.05, 0) is 50.7 Å². The van der Waals surface area contributed by atoms with Crippen LogP contribution in [0.25, 0.3) is 0 Å². The summed E-state index contributed by atoms with van der Waals surface area (Å²) in [6.45, 7) is 3.55. The normalized spacial score (nSPS) is 40.1. The molecule has 0 spiro atoms. The highest BCUT2D eigenvalue weighted by Crippen LogP contribution is 2.39. The van der Waals surface area contributed by atoms with E-state index in [-0.39, 0.29) is 0 Å². The summed E-state index contributed by atoms with van der Waals surface area (Å²) < 4.78 is 0. The van der Waals surface area contributed by atoms with Crippen molar-refractivity contribution in [3.05, 3.63) is 35.5 Å². The number of hydrogen-bond donors (Lipinski definition) is 2. The molecule has 2 aliphatic rings. The molecule has 0 aliphatic heterocycles. The predicted molar refractivity (Wildman–Crippen MR) is 78.4 cm³/mol. The zero-order valence-electron chi connectivity index (χ0n) is 12.1. The van der Waals surface area contributed by atoms with Crippen LogP contribution in [0.4, 0.5) is 0 Å². The van der Waals surface area contributed by atoms with Crippen LogP contribution >= 0.6 is 0 Å². The van der Waals surface area contributed by atoms with Crippen LogP contribution in [0.1, 0.15) is 39.5 Å². The van der Waals surface area contributed by atoms with E-state index in [1.54, 1.807) is 26.0 Å². The van der Waals surface area contributed by atoms with Crippen molar-refractivity contribution in [2.45, 2.75) is 39.5 Å². The fourth-order valence-corrected chi connectivity index (χ4v) is 2.75. The zero-order chi connectivity index (χ0) is 15.0. The van der Waals surface area contributed by atoms with Crippen molar-refractivity contribution in [1.82, 2.24) is 0 Å². The summed E-state index contributed by atoms with van der Waals surface area (Å²) in [5.74, 6) is -0.834. The Morgan fingerprint density at radius 3 is 1.55 bits per heavy atom. The molecule has 1 fully saturated rings. The summed E-state index contributed by atoms with van der Waals surface area (Å²) >= 11 is 0. The topological polar surface area (TPSA) is 86.2 Å². The monoisotopic (exact) mass is 274 g/mol. The number of primary amides is 2. The molecule has 4 nitrogen and oxygen atoms in total. The van der Waals surface area contributed by atoms with Crippen molar-refractivity contribution in [2.24, 2.45) is 22.3 Å². The van der Waals surface area contributed by atoms with E-state index >= 15 is 0 Å². The summed E-state index contributed by atoms with van der Waals surface area (Å²) in [7, 11) is 0. The molecule has 1 saturated carbocycles. The van der Waals surface area contributed by atoms with Crippen LogP contribution in [0.3, 0.4) is 0 Å². The van der Waals surface area contributed by atoms with E-state index in [1.165, 1.54) is 0 Å². The first-order valence-corrected chi connectivity index (χ1v) is 7.01. The third-order valence-corrected chi connectivity index (χ3v) is 4.34. The molecule has 108 valence electrons. The van der Waals surface area contributed by atoms with Gasteiger partial charge in [0.15, 0.2) is 0 Å². The maximum absolute atomic E-state index is 11.8. The highest BCUT2D eigenvalue weighted by atomic mass is 16.1. The van der Waals surface area contributed by atoms with Gasteiger partial charge in [0, 0.05) is 0 Å². The molecule has 2 amide bonds. The minimum Gasteiger partial charge on any atom is -0.369 e. The second kappa shape index (κ2) is 4.93. The van der Waals surface area contributed by atoms with Gasteiger partial charge in [-0.3, -0.25) is 9.59 Å². The van der Waals surface area contributed by atoms with E-state index in [1.807, 2.05) is 12.2 Å². The first-order chi connectivity index (χ1) is 9.27. The van der Waals surface area contributed by atoms with Crippen molar-refractivity contribution in [1.29, 1.82) is 0 Å². The average Bonchev–Trinajstić information content (AvgIpc) is 2.37. The molecular weight excluding hydrogens is 252 g/mol. The number of carbonyl (C=O) groups is 2. The maximum Gasteiger partial charge on any atom is 0.231 e. The Kier molecular flexibility index (Phi) is 3.59. The smallest absolute Gasteiger partial charge is 0.231 e. The summed E-state index contributed by atoms with van der Waals surface area (Å²) in [6, 6.07) is 0. The highest BCUT2D eigenvalue weighted by Gasteiger charge is 2.34. The van der Waals surface area contributed by atoms with E-state index in [2.05, 4.69) is 0 Å². The largest absolute Gasteiger partial charge is 0.369 e. The number of amides is 2. The minimum atomic E-state index is -0.872. The Balaban J connectivity index is 2.62. The molecular formula is C16H22N2O2. The summed E-state index contributed by atoms with van der Waals surface area (Å²) in [4.78, 5) is 23.6. The van der Waals surface area contributed by atoms with Crippen LogP contribution in [0.2, 0.25) is 0 Å². The lowest BCUT2D eigenvalue weighted by atomic mass is 9.74. The van der Waals surface area contributed by atoms with Crippen LogP contribution in [-0.4, -0.2) is 11.8 Å². The molecule has 2 atom stereocenters. The number of hydrogen-bond acceptors (Lipinski definition) is 2. The number of allylic oxidation sites excluding steroid dienone is 2. The lowest BCUT2D eigenvalue weighted by Gasteiger charge is -2.30. The van der Waals surface area contributed by atoms with Crippen molar-refractivity contribution < 1.29 is 9.59 Å². The van der Waals surface area contributed by atoms with Gasteiger partial charge in [0.05, 0.1) is 10.8 Å². The molecule has 0 aromatic rings. The standard InChI is InChI=1S/C16H22N2O2/c1-15(13(17)19)7-8-16(2,14(18)20)10-12-6-4-3-5-11(12)9-15/h7-10H,3-6H2,1-2H3,(H2,17,19)(H2,18,20)/b8-7-,11-9-,12-10-. The lowest BCUT2D eigenvalue weighted by Crippen LogP contribution is -2.36. The summed E-state index contributed by atoms with van der Waals surface area (Å²) in [6.07, 6.45) is 11.3. The van der Waals surface area contributed by atoms with Crippen LogP contribution in [0.5, 0.6) is 0 Å². The van der Waals surface area contributed by atoms with Gasteiger partial charge in [-0.2, -0.15) is 0 Å². The first kappa shape index (κ1) is 14.6. The Morgan fingerprint density at radius 2 is 1.25 bits per heavy atom. The van der Waals surface area contributed by atoms with Crippen LogP contribution in [0, 0.1) is 10.8 Å². The molecule has 2 rings (SSSR count). The number of nitrogens with two attached hydrogens (primary N) is 2. The zero-order valence-corrected chi connectivity index (χ0v) is 12.1. The van der Waals surface area contributed by atoms with Gasteiger partial charge < -0.3 is 11.5 Å². The van der Waals surface area contributed by atoms with Gasteiger partial charge in [-0.25, -0.2) is 0 Å². The fraction of sp³-hybridized carbons (Fsp3) is 0.500. The Labute approximate surface area is 119 Å². The van der Waals surface area contributed by atoms with E-state index in [4.69, 9.17) is 11.5 Å². The van der Waals surface area contributed by atoms with Crippen molar-refractivity contribution in [2.75, 3.05) is 0 Å². The first-order valence-electron chi connectivity index (χ1n) is 7.01. The van der Waals surface area contributed by atoms with Crippen LogP contribution < -0.4 is 11.5 Å². The second-order valence-electron chi connectivity index (χ2n) is 6.17. The van der Waals surface area contributed by atoms with Crippen molar-refractivity contribution in [3.63, 3.8) is 0 Å². The molecule has 2 unspecified atom stereocenters. The Bertz CT molecular complexity index is 497.